The maximum absolute atomic E-state index is 12.9. The summed E-state index contributed by atoms with van der Waals surface area (Å²) >= 11 is 0. The number of amides is 4. The zero-order chi connectivity index (χ0) is 21.2. The Kier molecular flexibility index (Phi) is 8.26. The van der Waals surface area contributed by atoms with Gasteiger partial charge in [0, 0.05) is 13.6 Å². The molecule has 0 radical (unpaired) electrons. The van der Waals surface area contributed by atoms with E-state index in [0.29, 0.717) is 19.4 Å². The highest BCUT2D eigenvalue weighted by Crippen LogP contribution is 2.19. The van der Waals surface area contributed by atoms with Crippen LogP contribution in [0.2, 0.25) is 0 Å². The van der Waals surface area contributed by atoms with Crippen molar-refractivity contribution >= 4 is 24.0 Å². The predicted octanol–water partition coefficient (Wildman–Crippen LogP) is 1.02. The first-order valence-corrected chi connectivity index (χ1v) is 9.39. The van der Waals surface area contributed by atoms with Crippen LogP contribution in [0.25, 0.3) is 0 Å². The van der Waals surface area contributed by atoms with E-state index in [9.17, 15) is 19.2 Å². The second-order valence-electron chi connectivity index (χ2n) is 6.31. The second-order valence-corrected chi connectivity index (χ2v) is 6.31. The minimum Gasteiger partial charge on any atom is -0.465 e. The fraction of sp³-hybridized carbons (Fsp3) is 0.474. The molecule has 29 heavy (non-hydrogen) atoms. The Morgan fingerprint density at radius 3 is 2.55 bits per heavy atom. The van der Waals surface area contributed by atoms with Crippen LogP contribution in [0.5, 0.6) is 0 Å². The van der Waals surface area contributed by atoms with Gasteiger partial charge in [-0.05, 0) is 25.3 Å². The molecule has 0 saturated carbocycles. The van der Waals surface area contributed by atoms with Gasteiger partial charge in [-0.2, -0.15) is 0 Å². The van der Waals surface area contributed by atoms with Gasteiger partial charge in [0.05, 0.1) is 6.61 Å². The first-order chi connectivity index (χ1) is 14.0. The number of esters is 1. The number of rotatable bonds is 6. The molecule has 0 bridgehead atoms. The van der Waals surface area contributed by atoms with E-state index >= 15 is 0 Å². The Labute approximate surface area is 169 Å². The SMILES string of the molecule is CCOC(=O)CN(NC(=O)OCc1ccccc1)C(=O)N1CCC[C@H]1C(=O)NC. The summed E-state index contributed by atoms with van der Waals surface area (Å²) in [5.41, 5.74) is 3.05. The predicted molar refractivity (Wildman–Crippen MR) is 102 cm³/mol. The minimum atomic E-state index is -0.901. The lowest BCUT2D eigenvalue weighted by Crippen LogP contribution is -2.57. The molecule has 158 valence electrons. The number of nitrogens with zero attached hydrogens (tertiary/aromatic N) is 2. The fourth-order valence-electron chi connectivity index (χ4n) is 2.95. The first-order valence-electron chi connectivity index (χ1n) is 9.39. The number of hydrazine groups is 1. The van der Waals surface area contributed by atoms with E-state index in [4.69, 9.17) is 9.47 Å². The van der Waals surface area contributed by atoms with Crippen LogP contribution < -0.4 is 10.7 Å². The van der Waals surface area contributed by atoms with Crippen molar-refractivity contribution in [2.45, 2.75) is 32.4 Å². The van der Waals surface area contributed by atoms with Gasteiger partial charge in [-0.25, -0.2) is 20.0 Å². The fourth-order valence-corrected chi connectivity index (χ4v) is 2.95. The molecule has 1 fully saturated rings. The highest BCUT2D eigenvalue weighted by molar-refractivity contribution is 5.89. The van der Waals surface area contributed by atoms with Crippen molar-refractivity contribution in [2.75, 3.05) is 26.7 Å². The molecule has 1 aliphatic rings. The molecule has 0 aliphatic carbocycles. The molecule has 2 rings (SSSR count). The van der Waals surface area contributed by atoms with Crippen LogP contribution in [-0.4, -0.2) is 66.7 Å². The summed E-state index contributed by atoms with van der Waals surface area (Å²) in [4.78, 5) is 50.3. The normalized spacial score (nSPS) is 15.4. The van der Waals surface area contributed by atoms with Crippen LogP contribution in [0, 0.1) is 0 Å². The summed E-state index contributed by atoms with van der Waals surface area (Å²) in [6.45, 7) is 1.58. The molecule has 1 aromatic carbocycles. The molecule has 4 amide bonds. The number of benzene rings is 1. The Hall–Kier alpha value is -3.30. The third-order valence-electron chi connectivity index (χ3n) is 4.31. The van der Waals surface area contributed by atoms with Crippen molar-refractivity contribution in [2.24, 2.45) is 0 Å². The minimum absolute atomic E-state index is 0.00130. The molecule has 0 unspecified atom stereocenters. The quantitative estimate of drug-likeness (QED) is 0.538. The second kappa shape index (κ2) is 10.9. The summed E-state index contributed by atoms with van der Waals surface area (Å²) in [6.07, 6.45) is 0.231. The van der Waals surface area contributed by atoms with Gasteiger partial charge in [-0.3, -0.25) is 9.59 Å². The highest BCUT2D eigenvalue weighted by atomic mass is 16.6. The Balaban J connectivity index is 2.05. The van der Waals surface area contributed by atoms with E-state index in [1.54, 1.807) is 31.2 Å². The van der Waals surface area contributed by atoms with Gasteiger partial charge < -0.3 is 19.7 Å². The Morgan fingerprint density at radius 2 is 1.90 bits per heavy atom. The number of ether oxygens (including phenoxy) is 2. The topological polar surface area (TPSA) is 117 Å². The molecular formula is C19H26N4O6. The maximum Gasteiger partial charge on any atom is 0.426 e. The molecule has 10 nitrogen and oxygen atoms in total. The third-order valence-corrected chi connectivity index (χ3v) is 4.31. The van der Waals surface area contributed by atoms with Gasteiger partial charge in [0.2, 0.25) is 5.91 Å². The molecule has 1 heterocycles. The van der Waals surface area contributed by atoms with E-state index in [1.165, 1.54) is 11.9 Å². The number of urea groups is 1. The summed E-state index contributed by atoms with van der Waals surface area (Å²) in [5, 5.41) is 3.33. The average Bonchev–Trinajstić information content (AvgIpc) is 3.21. The number of carbonyl (C=O) groups is 4. The Morgan fingerprint density at radius 1 is 1.17 bits per heavy atom. The van der Waals surface area contributed by atoms with Crippen molar-refractivity contribution in [3.8, 4) is 0 Å². The number of likely N-dealkylation sites (N-methyl/N-ethyl adjacent to an activating group) is 1. The summed E-state index contributed by atoms with van der Waals surface area (Å²) in [5.74, 6) is -1.00. The molecular weight excluding hydrogens is 380 g/mol. The van der Waals surface area contributed by atoms with E-state index in [-0.39, 0.29) is 19.1 Å². The third kappa shape index (κ3) is 6.37. The summed E-state index contributed by atoms with van der Waals surface area (Å²) < 4.78 is 9.98. The monoisotopic (exact) mass is 406 g/mol. The number of hydrogen-bond donors (Lipinski definition) is 2. The van der Waals surface area contributed by atoms with E-state index in [0.717, 1.165) is 10.6 Å². The molecule has 1 aromatic rings. The first kappa shape index (κ1) is 22.0. The van der Waals surface area contributed by atoms with Crippen molar-refractivity contribution in [3.05, 3.63) is 35.9 Å². The van der Waals surface area contributed by atoms with Gasteiger partial charge in [-0.1, -0.05) is 30.3 Å². The van der Waals surface area contributed by atoms with Gasteiger partial charge in [0.15, 0.2) is 0 Å². The Bertz CT molecular complexity index is 727. The lowest BCUT2D eigenvalue weighted by Gasteiger charge is -2.30. The van der Waals surface area contributed by atoms with E-state index < -0.39 is 30.7 Å². The van der Waals surface area contributed by atoms with Gasteiger partial charge in [0.1, 0.15) is 19.2 Å². The molecule has 1 saturated heterocycles. The maximum atomic E-state index is 12.9. The van der Waals surface area contributed by atoms with E-state index in [2.05, 4.69) is 10.7 Å². The summed E-state index contributed by atoms with van der Waals surface area (Å²) in [7, 11) is 1.49. The summed E-state index contributed by atoms with van der Waals surface area (Å²) in [6, 6.07) is 7.67. The molecule has 1 aliphatic heterocycles. The molecule has 2 N–H and O–H groups in total. The molecule has 0 spiro atoms. The van der Waals surface area contributed by atoms with Crippen molar-refractivity contribution in [1.29, 1.82) is 0 Å². The zero-order valence-electron chi connectivity index (χ0n) is 16.6. The van der Waals surface area contributed by atoms with Crippen LogP contribution in [0.15, 0.2) is 30.3 Å². The molecule has 10 heteroatoms. The number of likely N-dealkylation sites (tertiary alicyclic amines) is 1. The number of nitrogens with one attached hydrogen (secondary N) is 2. The van der Waals surface area contributed by atoms with Crippen LogP contribution in [0.4, 0.5) is 9.59 Å². The van der Waals surface area contributed by atoms with Crippen LogP contribution in [0.3, 0.4) is 0 Å². The lowest BCUT2D eigenvalue weighted by molar-refractivity contribution is -0.144. The van der Waals surface area contributed by atoms with E-state index in [1.807, 2.05) is 6.07 Å². The number of hydrogen-bond acceptors (Lipinski definition) is 6. The van der Waals surface area contributed by atoms with Crippen molar-refractivity contribution in [3.63, 3.8) is 0 Å². The van der Waals surface area contributed by atoms with Crippen molar-refractivity contribution in [1.82, 2.24) is 20.7 Å². The zero-order valence-corrected chi connectivity index (χ0v) is 16.6. The highest BCUT2D eigenvalue weighted by Gasteiger charge is 2.37. The van der Waals surface area contributed by atoms with Gasteiger partial charge in [0.25, 0.3) is 0 Å². The largest absolute Gasteiger partial charge is 0.465 e. The molecule has 0 aromatic heterocycles. The van der Waals surface area contributed by atoms with Gasteiger partial charge >= 0.3 is 18.1 Å². The lowest BCUT2D eigenvalue weighted by atomic mass is 10.2. The smallest absolute Gasteiger partial charge is 0.426 e. The van der Waals surface area contributed by atoms with Gasteiger partial charge in [-0.15, -0.1) is 0 Å². The van der Waals surface area contributed by atoms with Crippen LogP contribution in [-0.2, 0) is 25.7 Å². The standard InChI is InChI=1S/C19H26N4O6/c1-3-28-16(24)12-23(19(27)22-11-7-10-15(22)17(25)20-2)21-18(26)29-13-14-8-5-4-6-9-14/h4-6,8-9,15H,3,7,10-13H2,1-2H3,(H,20,25)(H,21,26)/t15-/m0/s1. The van der Waals surface area contributed by atoms with Crippen LogP contribution in [0.1, 0.15) is 25.3 Å². The molecule has 1 atom stereocenters. The number of carbonyl (C=O) groups excluding carboxylic acids is 4. The van der Waals surface area contributed by atoms with Crippen LogP contribution >= 0.6 is 0 Å². The average molecular weight is 406 g/mol. The van der Waals surface area contributed by atoms with Crippen molar-refractivity contribution < 1.29 is 28.7 Å².